The summed E-state index contributed by atoms with van der Waals surface area (Å²) in [6.07, 6.45) is 2.80. The Morgan fingerprint density at radius 3 is 2.58 bits per heavy atom. The molecule has 2 aliphatic heterocycles. The number of hydrogen-bond acceptors (Lipinski definition) is 4. The van der Waals surface area contributed by atoms with Crippen LogP contribution in [0, 0.1) is 0 Å². The first-order valence-corrected chi connectivity index (χ1v) is 9.70. The lowest BCUT2D eigenvalue weighted by molar-refractivity contribution is 0.145. The molecule has 0 aliphatic carbocycles. The zero-order valence-corrected chi connectivity index (χ0v) is 15.4. The molecule has 2 atom stereocenters. The molecule has 4 rings (SSSR count). The highest BCUT2D eigenvalue weighted by Crippen LogP contribution is 2.28. The minimum absolute atomic E-state index is 0.126. The van der Waals surface area contributed by atoms with Crippen LogP contribution >= 0.6 is 0 Å². The van der Waals surface area contributed by atoms with Crippen LogP contribution in [-0.4, -0.2) is 36.9 Å². The summed E-state index contributed by atoms with van der Waals surface area (Å²) < 4.78 is 6.01. The fourth-order valence-electron chi connectivity index (χ4n) is 3.89. The Hall–Kier alpha value is -2.04. The third-order valence-electron chi connectivity index (χ3n) is 5.59. The smallest absolute Gasteiger partial charge is 0.123 e. The van der Waals surface area contributed by atoms with Crippen LogP contribution in [0.5, 0.6) is 5.75 Å². The van der Waals surface area contributed by atoms with Crippen molar-refractivity contribution >= 4 is 5.69 Å². The molecule has 2 aromatic carbocycles. The molecule has 26 heavy (non-hydrogen) atoms. The molecule has 0 aromatic heterocycles. The summed E-state index contributed by atoms with van der Waals surface area (Å²) in [6, 6.07) is 17.4. The second-order valence-corrected chi connectivity index (χ2v) is 7.49. The SMILES string of the molecule is C[C@H](NC[C@@H]1Cc2ccccc2O1)c1ccc(N2CCC(O)CC2)cc1. The Labute approximate surface area is 155 Å². The van der Waals surface area contributed by atoms with E-state index in [-0.39, 0.29) is 12.2 Å². The minimum atomic E-state index is -0.126. The Morgan fingerprint density at radius 2 is 1.85 bits per heavy atom. The van der Waals surface area contributed by atoms with E-state index in [2.05, 4.69) is 59.6 Å². The number of benzene rings is 2. The van der Waals surface area contributed by atoms with Crippen molar-refractivity contribution in [2.24, 2.45) is 0 Å². The summed E-state index contributed by atoms with van der Waals surface area (Å²) in [6.45, 7) is 4.93. The van der Waals surface area contributed by atoms with Crippen molar-refractivity contribution in [3.63, 3.8) is 0 Å². The predicted molar refractivity (Wildman–Crippen MR) is 105 cm³/mol. The molecule has 0 spiro atoms. The van der Waals surface area contributed by atoms with Crippen LogP contribution < -0.4 is 15.0 Å². The molecule has 4 heteroatoms. The summed E-state index contributed by atoms with van der Waals surface area (Å²) >= 11 is 0. The molecule has 0 amide bonds. The highest BCUT2D eigenvalue weighted by atomic mass is 16.5. The molecule has 1 fully saturated rings. The van der Waals surface area contributed by atoms with Crippen molar-refractivity contribution in [3.8, 4) is 5.75 Å². The van der Waals surface area contributed by atoms with Gasteiger partial charge in [-0.05, 0) is 49.1 Å². The van der Waals surface area contributed by atoms with Crippen molar-refractivity contribution in [2.75, 3.05) is 24.5 Å². The summed E-state index contributed by atoms with van der Waals surface area (Å²) in [4.78, 5) is 2.36. The summed E-state index contributed by atoms with van der Waals surface area (Å²) in [5.41, 5.74) is 3.85. The first kappa shape index (κ1) is 17.4. The Morgan fingerprint density at radius 1 is 1.12 bits per heavy atom. The van der Waals surface area contributed by atoms with Crippen LogP contribution in [-0.2, 0) is 6.42 Å². The van der Waals surface area contributed by atoms with Gasteiger partial charge in [0.25, 0.3) is 0 Å². The normalized spacial score (nSPS) is 21.3. The van der Waals surface area contributed by atoms with Gasteiger partial charge >= 0.3 is 0 Å². The number of ether oxygens (including phenoxy) is 1. The molecule has 0 saturated carbocycles. The van der Waals surface area contributed by atoms with Gasteiger partial charge in [0.15, 0.2) is 0 Å². The second kappa shape index (κ2) is 7.68. The van der Waals surface area contributed by atoms with E-state index >= 15 is 0 Å². The Bertz CT molecular complexity index is 698. The molecule has 1 saturated heterocycles. The van der Waals surface area contributed by atoms with E-state index in [1.54, 1.807) is 0 Å². The van der Waals surface area contributed by atoms with Crippen molar-refractivity contribution in [1.29, 1.82) is 0 Å². The highest BCUT2D eigenvalue weighted by molar-refractivity contribution is 5.48. The fraction of sp³-hybridized carbons (Fsp3) is 0.455. The molecule has 2 heterocycles. The number of piperidine rings is 1. The van der Waals surface area contributed by atoms with Gasteiger partial charge in [-0.2, -0.15) is 0 Å². The van der Waals surface area contributed by atoms with Gasteiger partial charge in [0.1, 0.15) is 11.9 Å². The van der Waals surface area contributed by atoms with Gasteiger partial charge in [0, 0.05) is 37.8 Å². The number of nitrogens with one attached hydrogen (secondary N) is 1. The van der Waals surface area contributed by atoms with Crippen LogP contribution in [0.1, 0.15) is 36.9 Å². The Kier molecular flexibility index (Phi) is 5.14. The number of fused-ring (bicyclic) bond motifs is 1. The van der Waals surface area contributed by atoms with Gasteiger partial charge in [0.2, 0.25) is 0 Å². The molecule has 0 radical (unpaired) electrons. The van der Waals surface area contributed by atoms with Gasteiger partial charge in [-0.3, -0.25) is 0 Å². The molecule has 4 nitrogen and oxygen atoms in total. The third-order valence-corrected chi connectivity index (χ3v) is 5.59. The van der Waals surface area contributed by atoms with E-state index in [0.717, 1.165) is 44.6 Å². The number of aliphatic hydroxyl groups is 1. The summed E-state index contributed by atoms with van der Waals surface area (Å²) in [5.74, 6) is 1.03. The zero-order valence-electron chi connectivity index (χ0n) is 15.4. The lowest BCUT2D eigenvalue weighted by Gasteiger charge is -2.31. The van der Waals surface area contributed by atoms with Gasteiger partial charge in [0.05, 0.1) is 6.10 Å². The topological polar surface area (TPSA) is 44.7 Å². The van der Waals surface area contributed by atoms with Crippen LogP contribution in [0.4, 0.5) is 5.69 Å². The summed E-state index contributed by atoms with van der Waals surface area (Å²) in [5, 5.41) is 13.3. The number of hydrogen-bond donors (Lipinski definition) is 2. The van der Waals surface area contributed by atoms with Gasteiger partial charge in [-0.1, -0.05) is 30.3 Å². The molecule has 2 N–H and O–H groups in total. The molecule has 2 aromatic rings. The van der Waals surface area contributed by atoms with Crippen molar-refractivity contribution in [1.82, 2.24) is 5.32 Å². The fourth-order valence-corrected chi connectivity index (χ4v) is 3.89. The van der Waals surface area contributed by atoms with Crippen LogP contribution in [0.15, 0.2) is 48.5 Å². The summed E-state index contributed by atoms with van der Waals surface area (Å²) in [7, 11) is 0. The van der Waals surface area contributed by atoms with E-state index in [9.17, 15) is 5.11 Å². The quantitative estimate of drug-likeness (QED) is 0.867. The van der Waals surface area contributed by atoms with E-state index in [4.69, 9.17) is 4.74 Å². The third kappa shape index (κ3) is 3.87. The lowest BCUT2D eigenvalue weighted by atomic mass is 10.0. The number of para-hydroxylation sites is 1. The molecule has 138 valence electrons. The van der Waals surface area contributed by atoms with E-state index in [1.807, 2.05) is 6.07 Å². The predicted octanol–water partition coefficient (Wildman–Crippen LogP) is 3.30. The van der Waals surface area contributed by atoms with E-state index in [0.29, 0.717) is 6.04 Å². The van der Waals surface area contributed by atoms with Crippen LogP contribution in [0.2, 0.25) is 0 Å². The maximum absolute atomic E-state index is 9.65. The van der Waals surface area contributed by atoms with Crippen molar-refractivity contribution in [2.45, 2.75) is 44.4 Å². The molecular weight excluding hydrogens is 324 g/mol. The van der Waals surface area contributed by atoms with Crippen LogP contribution in [0.3, 0.4) is 0 Å². The molecule has 0 unspecified atom stereocenters. The molecule has 0 bridgehead atoms. The average Bonchev–Trinajstić information content (AvgIpc) is 3.10. The second-order valence-electron chi connectivity index (χ2n) is 7.49. The van der Waals surface area contributed by atoms with Gasteiger partial charge in [-0.15, -0.1) is 0 Å². The first-order chi connectivity index (χ1) is 12.7. The van der Waals surface area contributed by atoms with Crippen molar-refractivity contribution < 1.29 is 9.84 Å². The standard InChI is InChI=1S/C22H28N2O2/c1-16(23-15-21-14-18-4-2-3-5-22(18)26-21)17-6-8-19(9-7-17)24-12-10-20(25)11-13-24/h2-9,16,20-21,23,25H,10-15H2,1H3/t16-,21-/m0/s1. The minimum Gasteiger partial charge on any atom is -0.488 e. The average molecular weight is 352 g/mol. The number of rotatable bonds is 5. The largest absolute Gasteiger partial charge is 0.488 e. The zero-order chi connectivity index (χ0) is 17.9. The number of anilines is 1. The Balaban J connectivity index is 1.29. The van der Waals surface area contributed by atoms with Gasteiger partial charge in [-0.25, -0.2) is 0 Å². The van der Waals surface area contributed by atoms with E-state index < -0.39 is 0 Å². The molecule has 2 aliphatic rings. The number of aliphatic hydroxyl groups excluding tert-OH is 1. The van der Waals surface area contributed by atoms with Crippen molar-refractivity contribution in [3.05, 3.63) is 59.7 Å². The number of nitrogens with zero attached hydrogens (tertiary/aromatic N) is 1. The first-order valence-electron chi connectivity index (χ1n) is 9.70. The van der Waals surface area contributed by atoms with Gasteiger partial charge < -0.3 is 20.1 Å². The molecular formula is C22H28N2O2. The maximum atomic E-state index is 9.65. The lowest BCUT2D eigenvalue weighted by Crippen LogP contribution is -2.35. The monoisotopic (exact) mass is 352 g/mol. The maximum Gasteiger partial charge on any atom is 0.123 e. The van der Waals surface area contributed by atoms with Crippen LogP contribution in [0.25, 0.3) is 0 Å². The van der Waals surface area contributed by atoms with E-state index in [1.165, 1.54) is 16.8 Å². The highest BCUT2D eigenvalue weighted by Gasteiger charge is 2.22.